The Morgan fingerprint density at radius 2 is 1.80 bits per heavy atom. The molecule has 0 aliphatic heterocycles. The molecule has 0 atom stereocenters. The molecule has 84 valence electrons. The van der Waals surface area contributed by atoms with Crippen molar-refractivity contribution in [1.29, 1.82) is 0 Å². The van der Waals surface area contributed by atoms with Gasteiger partial charge in [0, 0.05) is 0 Å². The van der Waals surface area contributed by atoms with Crippen molar-refractivity contribution in [2.24, 2.45) is 0 Å². The molecule has 0 unspecified atom stereocenters. The van der Waals surface area contributed by atoms with E-state index in [9.17, 15) is 0 Å². The molecule has 0 aliphatic carbocycles. The first-order valence-electron chi connectivity index (χ1n) is 6.05. The molecule has 1 aromatic rings. The number of aryl methyl sites for hydroxylation is 2. The van der Waals surface area contributed by atoms with Gasteiger partial charge in [0.2, 0.25) is 0 Å². The molecule has 1 rings (SSSR count). The highest BCUT2D eigenvalue weighted by molar-refractivity contribution is 5.34. The highest BCUT2D eigenvalue weighted by Crippen LogP contribution is 2.24. The summed E-state index contributed by atoms with van der Waals surface area (Å²) in [6.45, 7) is 11.3. The van der Waals surface area contributed by atoms with E-state index in [0.29, 0.717) is 0 Å². The van der Waals surface area contributed by atoms with Crippen LogP contribution in [0.25, 0.3) is 0 Å². The van der Waals surface area contributed by atoms with Crippen LogP contribution in [0.3, 0.4) is 0 Å². The quantitative estimate of drug-likeness (QED) is 0.673. The van der Waals surface area contributed by atoms with Crippen molar-refractivity contribution in [3.63, 3.8) is 0 Å². The van der Waals surface area contributed by atoms with E-state index >= 15 is 0 Å². The third-order valence-corrected chi connectivity index (χ3v) is 3.01. The van der Waals surface area contributed by atoms with Crippen LogP contribution in [0, 0.1) is 6.92 Å². The normalized spacial score (nSPS) is 11.8. The third-order valence-electron chi connectivity index (χ3n) is 3.01. The van der Waals surface area contributed by atoms with E-state index in [1.165, 1.54) is 36.0 Å². The molecule has 0 amide bonds. The van der Waals surface area contributed by atoms with Gasteiger partial charge in [0.1, 0.15) is 0 Å². The maximum Gasteiger partial charge on any atom is -0.0132 e. The molecule has 0 aliphatic rings. The van der Waals surface area contributed by atoms with Crippen LogP contribution in [0.15, 0.2) is 18.2 Å². The highest BCUT2D eigenvalue weighted by Gasteiger charge is 2.13. The number of unbranched alkanes of at least 4 members (excludes halogenated alkanes) is 1. The van der Waals surface area contributed by atoms with Crippen LogP contribution in [0.5, 0.6) is 0 Å². The SMILES string of the molecule is CCCCc1ccc(C(C)(C)C)cc1C. The van der Waals surface area contributed by atoms with Crippen LogP contribution in [-0.2, 0) is 11.8 Å². The van der Waals surface area contributed by atoms with Gasteiger partial charge in [-0.2, -0.15) is 0 Å². The maximum atomic E-state index is 2.35. The van der Waals surface area contributed by atoms with Gasteiger partial charge < -0.3 is 0 Å². The average molecular weight is 204 g/mol. The molecule has 1 aromatic carbocycles. The average Bonchev–Trinajstić information content (AvgIpc) is 2.14. The van der Waals surface area contributed by atoms with Gasteiger partial charge in [0.15, 0.2) is 0 Å². The molecule has 15 heavy (non-hydrogen) atoms. The minimum Gasteiger partial charge on any atom is -0.0654 e. The van der Waals surface area contributed by atoms with Crippen molar-refractivity contribution < 1.29 is 0 Å². The third kappa shape index (κ3) is 3.37. The van der Waals surface area contributed by atoms with Crippen molar-refractivity contribution in [2.45, 2.75) is 59.3 Å². The van der Waals surface area contributed by atoms with Gasteiger partial charge in [-0.1, -0.05) is 52.3 Å². The molecule has 0 radical (unpaired) electrons. The maximum absolute atomic E-state index is 2.35. The van der Waals surface area contributed by atoms with E-state index in [1.807, 2.05) is 0 Å². The van der Waals surface area contributed by atoms with Crippen LogP contribution >= 0.6 is 0 Å². The summed E-state index contributed by atoms with van der Waals surface area (Å²) in [6.07, 6.45) is 3.81. The molecular weight excluding hydrogens is 180 g/mol. The standard InChI is InChI=1S/C15H24/c1-6-7-8-13-9-10-14(11-12(13)2)15(3,4)5/h9-11H,6-8H2,1-5H3. The first-order chi connectivity index (χ1) is 6.95. The lowest BCUT2D eigenvalue weighted by Crippen LogP contribution is -2.11. The first-order valence-corrected chi connectivity index (χ1v) is 6.05. The van der Waals surface area contributed by atoms with Crippen LogP contribution < -0.4 is 0 Å². The Balaban J connectivity index is 2.88. The molecular formula is C15H24. The van der Waals surface area contributed by atoms with Gasteiger partial charge >= 0.3 is 0 Å². The van der Waals surface area contributed by atoms with E-state index in [2.05, 4.69) is 52.8 Å². The molecule has 0 bridgehead atoms. The lowest BCUT2D eigenvalue weighted by atomic mass is 9.85. The number of rotatable bonds is 3. The first kappa shape index (κ1) is 12.3. The van der Waals surface area contributed by atoms with Gasteiger partial charge in [-0.05, 0) is 41.9 Å². The Labute approximate surface area is 94.7 Å². The van der Waals surface area contributed by atoms with Crippen molar-refractivity contribution in [1.82, 2.24) is 0 Å². The van der Waals surface area contributed by atoms with Crippen molar-refractivity contribution >= 4 is 0 Å². The Kier molecular flexibility index (Phi) is 3.96. The topological polar surface area (TPSA) is 0 Å². The van der Waals surface area contributed by atoms with Crippen LogP contribution in [0.4, 0.5) is 0 Å². The fourth-order valence-electron chi connectivity index (χ4n) is 1.81. The van der Waals surface area contributed by atoms with E-state index < -0.39 is 0 Å². The van der Waals surface area contributed by atoms with E-state index in [4.69, 9.17) is 0 Å². The summed E-state index contributed by atoms with van der Waals surface area (Å²) in [6, 6.07) is 6.95. The van der Waals surface area contributed by atoms with Crippen molar-refractivity contribution in [2.75, 3.05) is 0 Å². The van der Waals surface area contributed by atoms with Gasteiger partial charge in [0.25, 0.3) is 0 Å². The minimum atomic E-state index is 0.272. The molecule has 0 fully saturated rings. The van der Waals surface area contributed by atoms with Crippen LogP contribution in [-0.4, -0.2) is 0 Å². The lowest BCUT2D eigenvalue weighted by Gasteiger charge is -2.20. The smallest absolute Gasteiger partial charge is 0.0132 e. The van der Waals surface area contributed by atoms with Gasteiger partial charge in [-0.25, -0.2) is 0 Å². The van der Waals surface area contributed by atoms with Gasteiger partial charge in [0.05, 0.1) is 0 Å². The zero-order chi connectivity index (χ0) is 11.5. The summed E-state index contributed by atoms with van der Waals surface area (Å²) in [5.41, 5.74) is 4.69. The summed E-state index contributed by atoms with van der Waals surface area (Å²) in [4.78, 5) is 0. The van der Waals surface area contributed by atoms with Crippen molar-refractivity contribution in [3.8, 4) is 0 Å². The zero-order valence-corrected chi connectivity index (χ0v) is 10.9. The molecule has 0 spiro atoms. The van der Waals surface area contributed by atoms with Crippen molar-refractivity contribution in [3.05, 3.63) is 34.9 Å². The van der Waals surface area contributed by atoms with E-state index in [-0.39, 0.29) is 5.41 Å². The number of hydrogen-bond donors (Lipinski definition) is 0. The van der Waals surface area contributed by atoms with Crippen LogP contribution in [0.1, 0.15) is 57.2 Å². The molecule has 0 N–H and O–H groups in total. The molecule has 0 saturated carbocycles. The monoisotopic (exact) mass is 204 g/mol. The lowest BCUT2D eigenvalue weighted by molar-refractivity contribution is 0.589. The Morgan fingerprint density at radius 3 is 2.27 bits per heavy atom. The van der Waals surface area contributed by atoms with E-state index in [0.717, 1.165) is 0 Å². The predicted octanol–water partition coefficient (Wildman–Crippen LogP) is 4.64. The van der Waals surface area contributed by atoms with Gasteiger partial charge in [-0.3, -0.25) is 0 Å². The fraction of sp³-hybridized carbons (Fsp3) is 0.600. The molecule has 0 nitrogen and oxygen atoms in total. The number of hydrogen-bond acceptors (Lipinski definition) is 0. The highest BCUT2D eigenvalue weighted by atomic mass is 14.2. The Hall–Kier alpha value is -0.780. The Bertz CT molecular complexity index is 315. The molecule has 0 saturated heterocycles. The summed E-state index contributed by atoms with van der Waals surface area (Å²) in [5.74, 6) is 0. The number of benzene rings is 1. The van der Waals surface area contributed by atoms with Crippen LogP contribution in [0.2, 0.25) is 0 Å². The van der Waals surface area contributed by atoms with E-state index in [1.54, 1.807) is 0 Å². The molecule has 0 aromatic heterocycles. The fourth-order valence-corrected chi connectivity index (χ4v) is 1.81. The summed E-state index contributed by atoms with van der Waals surface area (Å²) < 4.78 is 0. The predicted molar refractivity (Wildman–Crippen MR) is 68.5 cm³/mol. The summed E-state index contributed by atoms with van der Waals surface area (Å²) in [5, 5.41) is 0. The second-order valence-corrected chi connectivity index (χ2v) is 5.49. The largest absolute Gasteiger partial charge is 0.0654 e. The summed E-state index contributed by atoms with van der Waals surface area (Å²) in [7, 11) is 0. The second-order valence-electron chi connectivity index (χ2n) is 5.49. The molecule has 0 heteroatoms. The second kappa shape index (κ2) is 4.83. The van der Waals surface area contributed by atoms with Gasteiger partial charge in [-0.15, -0.1) is 0 Å². The molecule has 0 heterocycles. The zero-order valence-electron chi connectivity index (χ0n) is 10.9. The minimum absolute atomic E-state index is 0.272. The Morgan fingerprint density at radius 1 is 1.13 bits per heavy atom. The summed E-state index contributed by atoms with van der Waals surface area (Å²) >= 11 is 0.